The second kappa shape index (κ2) is 5.13. The molecule has 0 aliphatic heterocycles. The first-order chi connectivity index (χ1) is 8.57. The van der Waals surface area contributed by atoms with Crippen molar-refractivity contribution in [2.24, 2.45) is 5.92 Å². The summed E-state index contributed by atoms with van der Waals surface area (Å²) in [5.41, 5.74) is 2.08. The molecule has 2 rings (SSSR count). The zero-order valence-electron chi connectivity index (χ0n) is 11.5. The molecule has 2 atom stereocenters. The molecule has 1 aromatic rings. The van der Waals surface area contributed by atoms with Gasteiger partial charge in [0.25, 0.3) is 0 Å². The number of carbonyl (C=O) groups excluding carboxylic acids is 1. The number of hydrogen-bond donors (Lipinski definition) is 0. The Morgan fingerprint density at radius 3 is 2.89 bits per heavy atom. The van der Waals surface area contributed by atoms with E-state index in [0.29, 0.717) is 0 Å². The van der Waals surface area contributed by atoms with Gasteiger partial charge >= 0.3 is 5.97 Å². The molecular formula is C16H22O2. The third-order valence-electron chi connectivity index (χ3n) is 4.03. The summed E-state index contributed by atoms with van der Waals surface area (Å²) in [6.07, 6.45) is 3.93. The van der Waals surface area contributed by atoms with Gasteiger partial charge in [-0.2, -0.15) is 0 Å². The maximum atomic E-state index is 12.0. The van der Waals surface area contributed by atoms with Crippen molar-refractivity contribution >= 4 is 5.97 Å². The molecule has 0 radical (unpaired) electrons. The summed E-state index contributed by atoms with van der Waals surface area (Å²) in [6, 6.07) is 8.32. The lowest BCUT2D eigenvalue weighted by molar-refractivity contribution is -0.165. The highest BCUT2D eigenvalue weighted by Gasteiger charge is 2.36. The number of fused-ring (bicyclic) bond motifs is 1. The van der Waals surface area contributed by atoms with Gasteiger partial charge in [0.1, 0.15) is 5.60 Å². The highest BCUT2D eigenvalue weighted by Crippen LogP contribution is 2.38. The van der Waals surface area contributed by atoms with Crippen molar-refractivity contribution < 1.29 is 9.53 Å². The summed E-state index contributed by atoms with van der Waals surface area (Å²) < 4.78 is 5.82. The van der Waals surface area contributed by atoms with Crippen LogP contribution in [-0.2, 0) is 21.6 Å². The third kappa shape index (κ3) is 2.43. The van der Waals surface area contributed by atoms with Crippen LogP contribution in [0.2, 0.25) is 0 Å². The van der Waals surface area contributed by atoms with Crippen LogP contribution in [0, 0.1) is 5.92 Å². The van der Waals surface area contributed by atoms with E-state index in [0.717, 1.165) is 25.7 Å². The summed E-state index contributed by atoms with van der Waals surface area (Å²) in [7, 11) is 0. The summed E-state index contributed by atoms with van der Waals surface area (Å²) in [5, 5.41) is 0. The molecule has 1 aliphatic carbocycles. The normalized spacial score (nSPS) is 24.2. The van der Waals surface area contributed by atoms with E-state index in [9.17, 15) is 4.79 Å². The van der Waals surface area contributed by atoms with Crippen LogP contribution in [0.3, 0.4) is 0 Å². The van der Waals surface area contributed by atoms with Gasteiger partial charge in [0.2, 0.25) is 0 Å². The molecule has 0 aromatic heterocycles. The fourth-order valence-electron chi connectivity index (χ4n) is 2.60. The average molecular weight is 246 g/mol. The molecule has 98 valence electrons. The summed E-state index contributed by atoms with van der Waals surface area (Å²) in [4.78, 5) is 12.0. The number of aryl methyl sites for hydroxylation is 1. The van der Waals surface area contributed by atoms with Crippen molar-refractivity contribution in [2.45, 2.75) is 52.1 Å². The Hall–Kier alpha value is -1.31. The zero-order valence-corrected chi connectivity index (χ0v) is 11.5. The molecule has 0 spiro atoms. The van der Waals surface area contributed by atoms with Crippen LogP contribution in [0.15, 0.2) is 24.3 Å². The van der Waals surface area contributed by atoms with E-state index in [1.54, 1.807) is 0 Å². The fourth-order valence-corrected chi connectivity index (χ4v) is 2.60. The number of esters is 1. The van der Waals surface area contributed by atoms with Gasteiger partial charge in [0.05, 0.1) is 5.92 Å². The standard InChI is InChI=1S/C16H22O2/c1-4-12(2)15(17)18-16(3)11-7-9-13-8-5-6-10-14(13)16/h5-6,8,10,12H,4,7,9,11H2,1-3H3. The minimum atomic E-state index is -0.435. The second-order valence-electron chi connectivity index (χ2n) is 5.47. The van der Waals surface area contributed by atoms with Gasteiger partial charge in [0.15, 0.2) is 0 Å². The summed E-state index contributed by atoms with van der Waals surface area (Å²) >= 11 is 0. The molecular weight excluding hydrogens is 224 g/mol. The van der Waals surface area contributed by atoms with E-state index in [2.05, 4.69) is 18.2 Å². The van der Waals surface area contributed by atoms with Gasteiger partial charge in [-0.3, -0.25) is 4.79 Å². The minimum absolute atomic E-state index is 0.0177. The monoisotopic (exact) mass is 246 g/mol. The maximum absolute atomic E-state index is 12.0. The highest BCUT2D eigenvalue weighted by molar-refractivity contribution is 5.72. The van der Waals surface area contributed by atoms with Crippen molar-refractivity contribution in [3.8, 4) is 0 Å². The predicted octanol–water partition coefficient (Wildman–Crippen LogP) is 3.83. The van der Waals surface area contributed by atoms with Crippen molar-refractivity contribution in [3.63, 3.8) is 0 Å². The Kier molecular flexibility index (Phi) is 3.74. The Morgan fingerprint density at radius 2 is 2.17 bits per heavy atom. The Bertz CT molecular complexity index is 438. The molecule has 0 saturated heterocycles. The molecule has 0 amide bonds. The molecule has 0 N–H and O–H groups in total. The third-order valence-corrected chi connectivity index (χ3v) is 4.03. The quantitative estimate of drug-likeness (QED) is 0.758. The summed E-state index contributed by atoms with van der Waals surface area (Å²) in [5.74, 6) is -0.0902. The number of benzene rings is 1. The van der Waals surface area contributed by atoms with E-state index in [1.165, 1.54) is 11.1 Å². The Labute approximate surface area is 109 Å². The molecule has 18 heavy (non-hydrogen) atoms. The number of ether oxygens (including phenoxy) is 1. The van der Waals surface area contributed by atoms with Crippen LogP contribution >= 0.6 is 0 Å². The van der Waals surface area contributed by atoms with Crippen molar-refractivity contribution in [1.29, 1.82) is 0 Å². The van der Waals surface area contributed by atoms with Crippen LogP contribution in [-0.4, -0.2) is 5.97 Å². The van der Waals surface area contributed by atoms with Crippen LogP contribution in [0.4, 0.5) is 0 Å². The first kappa shape index (κ1) is 13.1. The largest absolute Gasteiger partial charge is 0.454 e. The van der Waals surface area contributed by atoms with E-state index in [-0.39, 0.29) is 11.9 Å². The lowest BCUT2D eigenvalue weighted by Gasteiger charge is -2.36. The van der Waals surface area contributed by atoms with E-state index >= 15 is 0 Å². The second-order valence-corrected chi connectivity index (χ2v) is 5.47. The van der Waals surface area contributed by atoms with E-state index in [1.807, 2.05) is 26.8 Å². The van der Waals surface area contributed by atoms with Gasteiger partial charge in [-0.05, 0) is 43.7 Å². The molecule has 2 nitrogen and oxygen atoms in total. The average Bonchev–Trinajstić information content (AvgIpc) is 2.38. The van der Waals surface area contributed by atoms with E-state index < -0.39 is 5.60 Å². The van der Waals surface area contributed by atoms with Crippen molar-refractivity contribution in [1.82, 2.24) is 0 Å². The van der Waals surface area contributed by atoms with Crippen LogP contribution in [0.25, 0.3) is 0 Å². The molecule has 1 aliphatic rings. The Morgan fingerprint density at radius 1 is 1.44 bits per heavy atom. The summed E-state index contributed by atoms with van der Waals surface area (Å²) in [6.45, 7) is 5.99. The molecule has 1 aromatic carbocycles. The lowest BCUT2D eigenvalue weighted by Crippen LogP contribution is -2.34. The molecule has 2 unspecified atom stereocenters. The minimum Gasteiger partial charge on any atom is -0.454 e. The highest BCUT2D eigenvalue weighted by atomic mass is 16.6. The number of rotatable bonds is 3. The number of hydrogen-bond acceptors (Lipinski definition) is 2. The molecule has 0 heterocycles. The fraction of sp³-hybridized carbons (Fsp3) is 0.562. The van der Waals surface area contributed by atoms with Crippen LogP contribution in [0.5, 0.6) is 0 Å². The van der Waals surface area contributed by atoms with E-state index in [4.69, 9.17) is 4.74 Å². The topological polar surface area (TPSA) is 26.3 Å². The zero-order chi connectivity index (χ0) is 13.2. The first-order valence-corrected chi connectivity index (χ1v) is 6.88. The van der Waals surface area contributed by atoms with Gasteiger partial charge in [-0.25, -0.2) is 0 Å². The smallest absolute Gasteiger partial charge is 0.309 e. The number of carbonyl (C=O) groups is 1. The molecule has 2 heteroatoms. The van der Waals surface area contributed by atoms with Crippen LogP contribution < -0.4 is 0 Å². The Balaban J connectivity index is 2.24. The van der Waals surface area contributed by atoms with Gasteiger partial charge in [0, 0.05) is 0 Å². The molecule has 0 fully saturated rings. The van der Waals surface area contributed by atoms with Gasteiger partial charge in [-0.1, -0.05) is 38.1 Å². The SMILES string of the molecule is CCC(C)C(=O)OC1(C)CCCc2ccccc21. The lowest BCUT2D eigenvalue weighted by atomic mass is 9.80. The maximum Gasteiger partial charge on any atom is 0.309 e. The van der Waals surface area contributed by atoms with Crippen molar-refractivity contribution in [3.05, 3.63) is 35.4 Å². The van der Waals surface area contributed by atoms with Gasteiger partial charge < -0.3 is 4.74 Å². The predicted molar refractivity (Wildman–Crippen MR) is 72.3 cm³/mol. The van der Waals surface area contributed by atoms with Gasteiger partial charge in [-0.15, -0.1) is 0 Å². The molecule has 0 saturated carbocycles. The first-order valence-electron chi connectivity index (χ1n) is 6.88. The van der Waals surface area contributed by atoms with Crippen LogP contribution in [0.1, 0.15) is 51.2 Å². The van der Waals surface area contributed by atoms with Crippen molar-refractivity contribution in [2.75, 3.05) is 0 Å². The molecule has 0 bridgehead atoms.